The monoisotopic (exact) mass is 194 g/mol. The van der Waals surface area contributed by atoms with Crippen molar-refractivity contribution in [3.63, 3.8) is 0 Å². The summed E-state index contributed by atoms with van der Waals surface area (Å²) in [5.74, 6) is 0.869. The number of allylic oxidation sites excluding steroid dienone is 1. The summed E-state index contributed by atoms with van der Waals surface area (Å²) in [6.45, 7) is 6.85. The lowest BCUT2D eigenvalue weighted by atomic mass is 10.3. The quantitative estimate of drug-likeness (QED) is 0.684. The Morgan fingerprint density at radius 2 is 2.29 bits per heavy atom. The fourth-order valence-electron chi connectivity index (χ4n) is 1.34. The number of rotatable bonds is 3. The van der Waals surface area contributed by atoms with Gasteiger partial charge < -0.3 is 9.64 Å². The van der Waals surface area contributed by atoms with E-state index in [1.54, 1.807) is 7.11 Å². The molecule has 0 aromatic heterocycles. The lowest BCUT2D eigenvalue weighted by Gasteiger charge is -2.15. The zero-order chi connectivity index (χ0) is 10.4. The minimum Gasteiger partial charge on any atom is -0.497 e. The summed E-state index contributed by atoms with van der Waals surface area (Å²) in [7, 11) is 1.68. The van der Waals surface area contributed by atoms with Gasteiger partial charge in [0.15, 0.2) is 0 Å². The molecule has 0 aromatic carbocycles. The van der Waals surface area contributed by atoms with Gasteiger partial charge >= 0.3 is 0 Å². The summed E-state index contributed by atoms with van der Waals surface area (Å²) < 4.78 is 5.21. The molecule has 0 saturated carbocycles. The van der Waals surface area contributed by atoms with Gasteiger partial charge in [0.25, 0.3) is 0 Å². The van der Waals surface area contributed by atoms with Crippen LogP contribution < -0.4 is 0 Å². The van der Waals surface area contributed by atoms with E-state index in [9.17, 15) is 0 Å². The Labute approximate surface area is 85.8 Å². The van der Waals surface area contributed by atoms with Crippen molar-refractivity contribution in [2.24, 2.45) is 4.99 Å². The zero-order valence-electron chi connectivity index (χ0n) is 9.16. The lowest BCUT2D eigenvalue weighted by molar-refractivity contribution is 0.306. The molecule has 1 rings (SSSR count). The van der Waals surface area contributed by atoms with E-state index < -0.39 is 0 Å². The van der Waals surface area contributed by atoms with E-state index in [0.29, 0.717) is 0 Å². The molecule has 1 aliphatic heterocycles. The van der Waals surface area contributed by atoms with Gasteiger partial charge in [-0.1, -0.05) is 0 Å². The van der Waals surface area contributed by atoms with Crippen molar-refractivity contribution in [3.8, 4) is 0 Å². The number of ether oxygens (including phenoxy) is 1. The average molecular weight is 194 g/mol. The van der Waals surface area contributed by atoms with E-state index >= 15 is 0 Å². The fourth-order valence-corrected chi connectivity index (χ4v) is 1.34. The maximum atomic E-state index is 5.21. The van der Waals surface area contributed by atoms with E-state index in [-0.39, 0.29) is 0 Å². The molecule has 78 valence electrons. The second-order valence-corrected chi connectivity index (χ2v) is 3.10. The van der Waals surface area contributed by atoms with Gasteiger partial charge in [0.05, 0.1) is 19.4 Å². The summed E-state index contributed by atoms with van der Waals surface area (Å²) in [5, 5.41) is 0. The maximum Gasteiger partial charge on any atom is 0.122 e. The number of aliphatic imine (C=N–C) groups is 1. The van der Waals surface area contributed by atoms with Crippen molar-refractivity contribution in [2.75, 3.05) is 26.7 Å². The van der Waals surface area contributed by atoms with Gasteiger partial charge in [-0.25, -0.2) is 0 Å². The molecule has 3 nitrogen and oxygen atoms in total. The van der Waals surface area contributed by atoms with E-state index in [1.165, 1.54) is 0 Å². The van der Waals surface area contributed by atoms with Crippen molar-refractivity contribution in [1.82, 2.24) is 4.90 Å². The molecule has 0 unspecified atom stereocenters. The smallest absolute Gasteiger partial charge is 0.122 e. The van der Waals surface area contributed by atoms with Crippen LogP contribution in [0.25, 0.3) is 0 Å². The first-order chi connectivity index (χ1) is 6.80. The maximum absolute atomic E-state index is 5.21. The Morgan fingerprint density at radius 1 is 1.50 bits per heavy atom. The van der Waals surface area contributed by atoms with E-state index in [0.717, 1.165) is 31.1 Å². The van der Waals surface area contributed by atoms with E-state index in [1.807, 2.05) is 25.3 Å². The standard InChI is InChI=1S/C11H18N2O/c1-4-12-10-8-11(14-3)6-7-13(5-2)9-10/h6-8H,4-5,9H2,1-3H3. The van der Waals surface area contributed by atoms with Crippen molar-refractivity contribution in [2.45, 2.75) is 13.8 Å². The first-order valence-corrected chi connectivity index (χ1v) is 5.01. The molecule has 0 aliphatic carbocycles. The lowest BCUT2D eigenvalue weighted by Crippen LogP contribution is -2.23. The second kappa shape index (κ2) is 5.47. The summed E-state index contributed by atoms with van der Waals surface area (Å²) in [6.07, 6.45) is 6.02. The third-order valence-corrected chi connectivity index (χ3v) is 2.13. The molecule has 0 fully saturated rings. The van der Waals surface area contributed by atoms with Gasteiger partial charge in [-0.2, -0.15) is 0 Å². The van der Waals surface area contributed by atoms with Crippen LogP contribution in [-0.4, -0.2) is 37.4 Å². The molecule has 0 bridgehead atoms. The average Bonchev–Trinajstić information content (AvgIpc) is 2.40. The molecular weight excluding hydrogens is 176 g/mol. The number of nitrogens with zero attached hydrogens (tertiary/aromatic N) is 2. The Balaban J connectivity index is 2.83. The predicted octanol–water partition coefficient (Wildman–Crippen LogP) is 1.83. The normalized spacial score (nSPS) is 19.5. The molecule has 1 heterocycles. The Morgan fingerprint density at radius 3 is 2.86 bits per heavy atom. The SMILES string of the molecule is CCN=C1C=C(OC)C=CN(CC)C1. The molecule has 3 heteroatoms. The summed E-state index contributed by atoms with van der Waals surface area (Å²) >= 11 is 0. The van der Waals surface area contributed by atoms with Crippen LogP contribution >= 0.6 is 0 Å². The van der Waals surface area contributed by atoms with Gasteiger partial charge in [-0.05, 0) is 19.9 Å². The highest BCUT2D eigenvalue weighted by Gasteiger charge is 2.06. The van der Waals surface area contributed by atoms with Crippen LogP contribution in [0.3, 0.4) is 0 Å². The van der Waals surface area contributed by atoms with Crippen LogP contribution in [0.5, 0.6) is 0 Å². The number of hydrogen-bond acceptors (Lipinski definition) is 3. The third-order valence-electron chi connectivity index (χ3n) is 2.13. The van der Waals surface area contributed by atoms with Crippen molar-refractivity contribution in [3.05, 3.63) is 24.1 Å². The van der Waals surface area contributed by atoms with Gasteiger partial charge in [-0.3, -0.25) is 4.99 Å². The molecule has 0 spiro atoms. The van der Waals surface area contributed by atoms with Crippen LogP contribution in [-0.2, 0) is 4.74 Å². The van der Waals surface area contributed by atoms with Gasteiger partial charge in [-0.15, -0.1) is 0 Å². The molecule has 0 amide bonds. The van der Waals surface area contributed by atoms with Crippen molar-refractivity contribution < 1.29 is 4.74 Å². The van der Waals surface area contributed by atoms with Gasteiger partial charge in [0.1, 0.15) is 5.76 Å². The van der Waals surface area contributed by atoms with E-state index in [4.69, 9.17) is 4.74 Å². The molecule has 0 N–H and O–H groups in total. The Hall–Kier alpha value is -1.25. The molecule has 0 aromatic rings. The van der Waals surface area contributed by atoms with Crippen LogP contribution in [0.15, 0.2) is 29.1 Å². The van der Waals surface area contributed by atoms with Gasteiger partial charge in [0, 0.05) is 25.4 Å². The topological polar surface area (TPSA) is 24.8 Å². The second-order valence-electron chi connectivity index (χ2n) is 3.10. The minimum atomic E-state index is 0.820. The molecular formula is C11H18N2O. The molecule has 14 heavy (non-hydrogen) atoms. The molecule has 0 radical (unpaired) electrons. The minimum absolute atomic E-state index is 0.820. The van der Waals surface area contributed by atoms with Crippen molar-refractivity contribution >= 4 is 5.71 Å². The van der Waals surface area contributed by atoms with Gasteiger partial charge in [0.2, 0.25) is 0 Å². The van der Waals surface area contributed by atoms with Crippen LogP contribution in [0.2, 0.25) is 0 Å². The highest BCUT2D eigenvalue weighted by atomic mass is 16.5. The Bertz CT molecular complexity index is 266. The summed E-state index contributed by atoms with van der Waals surface area (Å²) in [4.78, 5) is 6.62. The first-order valence-electron chi connectivity index (χ1n) is 5.01. The number of hydrogen-bond donors (Lipinski definition) is 0. The molecule has 0 atom stereocenters. The third kappa shape index (κ3) is 2.91. The first kappa shape index (κ1) is 10.8. The number of methoxy groups -OCH3 is 1. The fraction of sp³-hybridized carbons (Fsp3) is 0.545. The predicted molar refractivity (Wildman–Crippen MR) is 59.5 cm³/mol. The molecule has 0 saturated heterocycles. The summed E-state index contributed by atoms with van der Waals surface area (Å²) in [6, 6.07) is 0. The van der Waals surface area contributed by atoms with Crippen LogP contribution in [0.1, 0.15) is 13.8 Å². The van der Waals surface area contributed by atoms with Crippen molar-refractivity contribution in [1.29, 1.82) is 0 Å². The van der Waals surface area contributed by atoms with E-state index in [2.05, 4.69) is 16.8 Å². The largest absolute Gasteiger partial charge is 0.497 e. The summed E-state index contributed by atoms with van der Waals surface area (Å²) in [5.41, 5.74) is 1.08. The highest BCUT2D eigenvalue weighted by Crippen LogP contribution is 2.06. The zero-order valence-corrected chi connectivity index (χ0v) is 9.16. The highest BCUT2D eigenvalue weighted by molar-refractivity contribution is 5.97. The Kier molecular flexibility index (Phi) is 4.23. The molecule has 1 aliphatic rings. The van der Waals surface area contributed by atoms with Crippen LogP contribution in [0, 0.1) is 0 Å². The van der Waals surface area contributed by atoms with Crippen LogP contribution in [0.4, 0.5) is 0 Å².